The van der Waals surface area contributed by atoms with Crippen LogP contribution in [0.5, 0.6) is 0 Å². The first-order valence-corrected chi connectivity index (χ1v) is 8.13. The minimum Gasteiger partial charge on any atom is -0.398 e. The second-order valence-corrected chi connectivity index (χ2v) is 7.44. The number of nitrogen functional groups attached to an aromatic ring is 1. The highest BCUT2D eigenvalue weighted by Crippen LogP contribution is 2.34. The monoisotopic (exact) mass is 290 g/mol. The second kappa shape index (κ2) is 6.80. The van der Waals surface area contributed by atoms with Gasteiger partial charge < -0.3 is 15.7 Å². The number of likely N-dealkylation sites (tertiary alicyclic amines) is 1. The molecule has 1 fully saturated rings. The number of aliphatic hydroxyl groups excluding tert-OH is 1. The third-order valence-corrected chi connectivity index (χ3v) is 4.83. The van der Waals surface area contributed by atoms with Gasteiger partial charge in [-0.3, -0.25) is 0 Å². The van der Waals surface area contributed by atoms with Crippen LogP contribution in [0.25, 0.3) is 0 Å². The van der Waals surface area contributed by atoms with Crippen LogP contribution in [-0.4, -0.2) is 29.6 Å². The summed E-state index contributed by atoms with van der Waals surface area (Å²) in [6, 6.07) is 7.63. The van der Waals surface area contributed by atoms with Gasteiger partial charge in [-0.15, -0.1) is 0 Å². The maximum atomic E-state index is 10.4. The van der Waals surface area contributed by atoms with Crippen LogP contribution in [0.3, 0.4) is 0 Å². The van der Waals surface area contributed by atoms with Crippen molar-refractivity contribution in [3.63, 3.8) is 0 Å². The maximum Gasteiger partial charge on any atom is 0.0936 e. The molecule has 3 heteroatoms. The molecule has 0 saturated carbocycles. The zero-order valence-corrected chi connectivity index (χ0v) is 13.7. The van der Waals surface area contributed by atoms with Crippen molar-refractivity contribution in [2.24, 2.45) is 11.3 Å². The Morgan fingerprint density at radius 2 is 1.95 bits per heavy atom. The summed E-state index contributed by atoms with van der Waals surface area (Å²) < 4.78 is 0. The van der Waals surface area contributed by atoms with Crippen LogP contribution in [-0.2, 0) is 0 Å². The quantitative estimate of drug-likeness (QED) is 0.838. The molecule has 1 heterocycles. The van der Waals surface area contributed by atoms with Gasteiger partial charge in [-0.05, 0) is 49.8 Å². The standard InChI is InChI=1S/C18H30N2O/c1-18(2,3)14-7-6-11-20(12-10-14)13-17(21)15-8-4-5-9-16(15)19/h4-5,8-9,14,17,21H,6-7,10-13,19H2,1-3H3. The highest BCUT2D eigenvalue weighted by Gasteiger charge is 2.27. The lowest BCUT2D eigenvalue weighted by molar-refractivity contribution is 0.113. The van der Waals surface area contributed by atoms with E-state index in [9.17, 15) is 5.11 Å². The Hall–Kier alpha value is -1.06. The molecule has 2 unspecified atom stereocenters. The van der Waals surface area contributed by atoms with Crippen LogP contribution >= 0.6 is 0 Å². The van der Waals surface area contributed by atoms with Crippen molar-refractivity contribution >= 4 is 5.69 Å². The molecule has 2 rings (SSSR count). The van der Waals surface area contributed by atoms with Gasteiger partial charge in [0.05, 0.1) is 6.10 Å². The van der Waals surface area contributed by atoms with Gasteiger partial charge in [0.1, 0.15) is 0 Å². The largest absolute Gasteiger partial charge is 0.398 e. The molecule has 0 aromatic heterocycles. The van der Waals surface area contributed by atoms with E-state index in [1.165, 1.54) is 19.3 Å². The van der Waals surface area contributed by atoms with E-state index in [1.54, 1.807) is 0 Å². The predicted octanol–water partition coefficient (Wildman–Crippen LogP) is 3.45. The smallest absolute Gasteiger partial charge is 0.0936 e. The van der Waals surface area contributed by atoms with Crippen LogP contribution in [0.4, 0.5) is 5.69 Å². The molecule has 0 amide bonds. The van der Waals surface area contributed by atoms with Gasteiger partial charge in [0.2, 0.25) is 0 Å². The minimum atomic E-state index is -0.489. The van der Waals surface area contributed by atoms with Crippen molar-refractivity contribution in [2.45, 2.75) is 46.1 Å². The number of anilines is 1. The van der Waals surface area contributed by atoms with Crippen molar-refractivity contribution < 1.29 is 5.11 Å². The average Bonchev–Trinajstić information content (AvgIpc) is 2.64. The zero-order valence-electron chi connectivity index (χ0n) is 13.7. The average molecular weight is 290 g/mol. The lowest BCUT2D eigenvalue weighted by atomic mass is 9.77. The summed E-state index contributed by atoms with van der Waals surface area (Å²) in [5.74, 6) is 0.779. The molecule has 1 aliphatic heterocycles. The fourth-order valence-electron chi connectivity index (χ4n) is 3.36. The summed E-state index contributed by atoms with van der Waals surface area (Å²) >= 11 is 0. The molecule has 0 radical (unpaired) electrons. The lowest BCUT2D eigenvalue weighted by Crippen LogP contribution is -2.30. The van der Waals surface area contributed by atoms with E-state index >= 15 is 0 Å². The van der Waals surface area contributed by atoms with Gasteiger partial charge in [-0.1, -0.05) is 39.0 Å². The molecule has 2 atom stereocenters. The molecule has 21 heavy (non-hydrogen) atoms. The molecule has 0 spiro atoms. The molecule has 0 bridgehead atoms. The number of rotatable bonds is 3. The summed E-state index contributed by atoms with van der Waals surface area (Å²) in [5.41, 5.74) is 7.89. The Labute approximate surface area is 129 Å². The number of β-amino-alcohol motifs (C(OH)–C–C–N with tert-alkyl or cyclic N) is 1. The van der Waals surface area contributed by atoms with Crippen LogP contribution in [0.15, 0.2) is 24.3 Å². The highest BCUT2D eigenvalue weighted by atomic mass is 16.3. The van der Waals surface area contributed by atoms with Gasteiger partial charge >= 0.3 is 0 Å². The van der Waals surface area contributed by atoms with Crippen LogP contribution in [0.2, 0.25) is 0 Å². The van der Waals surface area contributed by atoms with Crippen molar-refractivity contribution in [1.82, 2.24) is 4.90 Å². The van der Waals surface area contributed by atoms with E-state index < -0.39 is 6.10 Å². The summed E-state index contributed by atoms with van der Waals surface area (Å²) in [6.07, 6.45) is 3.25. The lowest BCUT2D eigenvalue weighted by Gasteiger charge is -2.30. The van der Waals surface area contributed by atoms with E-state index in [4.69, 9.17) is 5.73 Å². The third kappa shape index (κ3) is 4.45. The van der Waals surface area contributed by atoms with Crippen molar-refractivity contribution in [3.05, 3.63) is 29.8 Å². The van der Waals surface area contributed by atoms with Crippen molar-refractivity contribution in [2.75, 3.05) is 25.4 Å². The molecule has 0 aliphatic carbocycles. The number of aliphatic hydroxyl groups is 1. The van der Waals surface area contributed by atoms with Crippen molar-refractivity contribution in [3.8, 4) is 0 Å². The summed E-state index contributed by atoms with van der Waals surface area (Å²) in [5, 5.41) is 10.4. The predicted molar refractivity (Wildman–Crippen MR) is 89.1 cm³/mol. The molecule has 3 nitrogen and oxygen atoms in total. The zero-order chi connectivity index (χ0) is 15.5. The molecule has 1 aliphatic rings. The number of para-hydroxylation sites is 1. The molecule has 1 aromatic rings. The highest BCUT2D eigenvalue weighted by molar-refractivity contribution is 5.47. The molecule has 3 N–H and O–H groups in total. The first kappa shape index (κ1) is 16.3. The first-order chi connectivity index (χ1) is 9.88. The van der Waals surface area contributed by atoms with Gasteiger partial charge in [0, 0.05) is 17.8 Å². The number of hydrogen-bond donors (Lipinski definition) is 2. The molecular weight excluding hydrogens is 260 g/mol. The molecule has 1 saturated heterocycles. The Morgan fingerprint density at radius 1 is 1.24 bits per heavy atom. The van der Waals surface area contributed by atoms with Gasteiger partial charge in [0.15, 0.2) is 0 Å². The van der Waals surface area contributed by atoms with Crippen LogP contribution in [0, 0.1) is 11.3 Å². The third-order valence-electron chi connectivity index (χ3n) is 4.83. The molecule has 118 valence electrons. The number of benzene rings is 1. The fourth-order valence-corrected chi connectivity index (χ4v) is 3.36. The van der Waals surface area contributed by atoms with Gasteiger partial charge in [-0.25, -0.2) is 0 Å². The molecule has 1 aromatic carbocycles. The molecular formula is C18H30N2O. The van der Waals surface area contributed by atoms with E-state index in [2.05, 4.69) is 25.7 Å². The topological polar surface area (TPSA) is 49.5 Å². The Bertz CT molecular complexity index is 453. The van der Waals surface area contributed by atoms with E-state index in [-0.39, 0.29) is 0 Å². The normalized spacial score (nSPS) is 22.8. The Morgan fingerprint density at radius 3 is 2.62 bits per heavy atom. The summed E-state index contributed by atoms with van der Waals surface area (Å²) in [7, 11) is 0. The Kier molecular flexibility index (Phi) is 5.28. The summed E-state index contributed by atoms with van der Waals surface area (Å²) in [4.78, 5) is 2.39. The number of hydrogen-bond acceptors (Lipinski definition) is 3. The Balaban J connectivity index is 1.93. The van der Waals surface area contributed by atoms with Crippen LogP contribution < -0.4 is 5.73 Å². The summed E-state index contributed by atoms with van der Waals surface area (Å²) in [6.45, 7) is 9.86. The van der Waals surface area contributed by atoms with E-state index in [1.807, 2.05) is 24.3 Å². The van der Waals surface area contributed by atoms with Gasteiger partial charge in [0.25, 0.3) is 0 Å². The SMILES string of the molecule is CC(C)(C)C1CCCN(CC(O)c2ccccc2N)CC1. The van der Waals surface area contributed by atoms with E-state index in [0.717, 1.165) is 24.6 Å². The fraction of sp³-hybridized carbons (Fsp3) is 0.667. The number of nitrogens with zero attached hydrogens (tertiary/aromatic N) is 1. The number of nitrogens with two attached hydrogens (primary N) is 1. The van der Waals surface area contributed by atoms with Crippen molar-refractivity contribution in [1.29, 1.82) is 0 Å². The van der Waals surface area contributed by atoms with Gasteiger partial charge in [-0.2, -0.15) is 0 Å². The first-order valence-electron chi connectivity index (χ1n) is 8.13. The second-order valence-electron chi connectivity index (χ2n) is 7.44. The maximum absolute atomic E-state index is 10.4. The van der Waals surface area contributed by atoms with Crippen LogP contribution in [0.1, 0.15) is 51.7 Å². The van der Waals surface area contributed by atoms with E-state index in [0.29, 0.717) is 17.6 Å². The minimum absolute atomic E-state index is 0.387.